The highest BCUT2D eigenvalue weighted by atomic mass is 16.5. The highest BCUT2D eigenvalue weighted by Gasteiger charge is 2.67. The number of esters is 1. The summed E-state index contributed by atoms with van der Waals surface area (Å²) in [5.41, 5.74) is 2.62. The Labute approximate surface area is 197 Å². The van der Waals surface area contributed by atoms with E-state index in [1.165, 1.54) is 11.0 Å². The number of para-hydroxylation sites is 1. The van der Waals surface area contributed by atoms with Gasteiger partial charge in [-0.2, -0.15) is 0 Å². The molecule has 34 heavy (non-hydrogen) atoms. The fourth-order valence-electron chi connectivity index (χ4n) is 6.36. The number of nitrogens with zero attached hydrogens (tertiary/aromatic N) is 1. The lowest BCUT2D eigenvalue weighted by molar-refractivity contribution is -0.124. The SMILES string of the molecule is Cc1ccc(C)c(C(=O)COC(=O)c2ccccc2N2C(=O)[C@H]3[C@@H]4C=C[C@H]([C@H]5C[C@H]45)[C@@H]3C2=O)c1. The first-order valence-electron chi connectivity index (χ1n) is 11.8. The summed E-state index contributed by atoms with van der Waals surface area (Å²) in [4.78, 5) is 53.8. The summed E-state index contributed by atoms with van der Waals surface area (Å²) in [6.07, 6.45) is 5.33. The van der Waals surface area contributed by atoms with Gasteiger partial charge in [0, 0.05) is 5.56 Å². The summed E-state index contributed by atoms with van der Waals surface area (Å²) in [6.45, 7) is 3.31. The predicted molar refractivity (Wildman–Crippen MR) is 124 cm³/mol. The van der Waals surface area contributed by atoms with Gasteiger partial charge in [-0.15, -0.1) is 0 Å². The van der Waals surface area contributed by atoms with Gasteiger partial charge in [0.25, 0.3) is 0 Å². The zero-order valence-electron chi connectivity index (χ0n) is 19.1. The maximum Gasteiger partial charge on any atom is 0.340 e. The van der Waals surface area contributed by atoms with E-state index >= 15 is 0 Å². The van der Waals surface area contributed by atoms with E-state index in [4.69, 9.17) is 4.74 Å². The minimum absolute atomic E-state index is 0.107. The molecule has 2 aromatic carbocycles. The Morgan fingerprint density at radius 2 is 1.56 bits per heavy atom. The average Bonchev–Trinajstić information content (AvgIpc) is 3.62. The zero-order valence-corrected chi connectivity index (χ0v) is 19.1. The van der Waals surface area contributed by atoms with Crippen LogP contribution in [0, 0.1) is 49.4 Å². The van der Waals surface area contributed by atoms with Gasteiger partial charge in [-0.1, -0.05) is 42.0 Å². The van der Waals surface area contributed by atoms with Gasteiger partial charge in [-0.05, 0) is 67.7 Å². The molecule has 2 saturated carbocycles. The van der Waals surface area contributed by atoms with Crippen molar-refractivity contribution in [1.29, 1.82) is 0 Å². The number of imide groups is 1. The fraction of sp³-hybridized carbons (Fsp3) is 0.357. The number of anilines is 1. The van der Waals surface area contributed by atoms with Crippen LogP contribution in [-0.4, -0.2) is 30.2 Å². The lowest BCUT2D eigenvalue weighted by Gasteiger charge is -2.37. The van der Waals surface area contributed by atoms with Gasteiger partial charge < -0.3 is 4.74 Å². The molecule has 1 aliphatic heterocycles. The maximum atomic E-state index is 13.5. The number of amides is 2. The Hall–Kier alpha value is -3.54. The quantitative estimate of drug-likeness (QED) is 0.296. The van der Waals surface area contributed by atoms with Gasteiger partial charge >= 0.3 is 5.97 Å². The van der Waals surface area contributed by atoms with Crippen LogP contribution in [0.1, 0.15) is 38.3 Å². The molecule has 0 spiro atoms. The van der Waals surface area contributed by atoms with E-state index in [2.05, 4.69) is 12.2 Å². The molecule has 7 rings (SSSR count). The Morgan fingerprint density at radius 3 is 2.24 bits per heavy atom. The lowest BCUT2D eigenvalue weighted by atomic mass is 9.63. The molecule has 1 saturated heterocycles. The minimum atomic E-state index is -0.728. The van der Waals surface area contributed by atoms with Gasteiger partial charge in [0.1, 0.15) is 0 Å². The summed E-state index contributed by atoms with van der Waals surface area (Å²) in [7, 11) is 0. The second kappa shape index (κ2) is 7.49. The van der Waals surface area contributed by atoms with Crippen molar-refractivity contribution in [3.63, 3.8) is 0 Å². The highest BCUT2D eigenvalue weighted by Crippen LogP contribution is 2.65. The number of carbonyl (C=O) groups excluding carboxylic acids is 4. The molecule has 2 aromatic rings. The molecule has 0 unspecified atom stereocenters. The highest BCUT2D eigenvalue weighted by molar-refractivity contribution is 6.24. The van der Waals surface area contributed by atoms with E-state index in [0.717, 1.165) is 17.5 Å². The van der Waals surface area contributed by atoms with Crippen molar-refractivity contribution in [1.82, 2.24) is 0 Å². The van der Waals surface area contributed by atoms with E-state index in [-0.39, 0.29) is 52.5 Å². The van der Waals surface area contributed by atoms with E-state index in [1.54, 1.807) is 24.3 Å². The second-order valence-electron chi connectivity index (χ2n) is 10.0. The van der Waals surface area contributed by atoms with Crippen LogP contribution in [-0.2, 0) is 14.3 Å². The zero-order chi connectivity index (χ0) is 23.7. The number of carbonyl (C=O) groups is 4. The van der Waals surface area contributed by atoms with Crippen molar-refractivity contribution in [2.45, 2.75) is 20.3 Å². The molecule has 1 heterocycles. The van der Waals surface area contributed by atoms with Crippen molar-refractivity contribution in [3.8, 4) is 0 Å². The first-order chi connectivity index (χ1) is 16.4. The van der Waals surface area contributed by atoms with Crippen LogP contribution in [0.4, 0.5) is 5.69 Å². The molecule has 6 atom stereocenters. The molecule has 0 N–H and O–H groups in total. The smallest absolute Gasteiger partial charge is 0.340 e. The molecule has 6 nitrogen and oxygen atoms in total. The first-order valence-corrected chi connectivity index (χ1v) is 11.8. The van der Waals surface area contributed by atoms with Crippen molar-refractivity contribution in [2.24, 2.45) is 35.5 Å². The summed E-state index contributed by atoms with van der Waals surface area (Å²) >= 11 is 0. The molecule has 2 bridgehead atoms. The summed E-state index contributed by atoms with van der Waals surface area (Å²) < 4.78 is 5.36. The molecule has 2 amide bonds. The molecular weight excluding hydrogens is 430 g/mol. The standard InChI is InChI=1S/C28H25NO5/c1-14-7-8-15(2)19(11-14)23(30)13-34-28(33)18-5-3-4-6-22(18)29-26(31)24-16-9-10-17(21-12-20(16)21)25(24)27(29)32/h3-11,16-17,20-21,24-25H,12-13H2,1-2H3/t16-,17-,20-,21-,24+,25+/m1/s1. The maximum absolute atomic E-state index is 13.5. The normalized spacial score (nSPS) is 30.2. The van der Waals surface area contributed by atoms with Crippen molar-refractivity contribution >= 4 is 29.3 Å². The Balaban J connectivity index is 1.24. The molecule has 4 aliphatic carbocycles. The summed E-state index contributed by atoms with van der Waals surface area (Å²) in [5.74, 6) is -0.956. The Bertz CT molecular complexity index is 1260. The van der Waals surface area contributed by atoms with E-state index < -0.39 is 12.6 Å². The lowest BCUT2D eigenvalue weighted by Crippen LogP contribution is -2.40. The number of Topliss-reactive ketones (excluding diaryl/α,β-unsaturated/α-hetero) is 1. The number of allylic oxidation sites excluding steroid dienone is 2. The van der Waals surface area contributed by atoms with E-state index in [0.29, 0.717) is 17.4 Å². The van der Waals surface area contributed by atoms with Crippen LogP contribution in [0.25, 0.3) is 0 Å². The minimum Gasteiger partial charge on any atom is -0.454 e. The monoisotopic (exact) mass is 455 g/mol. The number of hydrogen-bond acceptors (Lipinski definition) is 5. The Morgan fingerprint density at radius 1 is 0.912 bits per heavy atom. The third-order valence-electron chi connectivity index (χ3n) is 8.06. The summed E-state index contributed by atoms with van der Waals surface area (Å²) in [5, 5.41) is 0. The molecule has 3 fully saturated rings. The number of rotatable bonds is 5. The largest absolute Gasteiger partial charge is 0.454 e. The van der Waals surface area contributed by atoms with E-state index in [1.807, 2.05) is 26.0 Å². The number of hydrogen-bond donors (Lipinski definition) is 0. The number of ketones is 1. The van der Waals surface area contributed by atoms with E-state index in [9.17, 15) is 19.2 Å². The van der Waals surface area contributed by atoms with Gasteiger partial charge in [-0.3, -0.25) is 14.4 Å². The molecular formula is C28H25NO5. The van der Waals surface area contributed by atoms with Gasteiger partial charge in [0.2, 0.25) is 17.6 Å². The van der Waals surface area contributed by atoms with Crippen molar-refractivity contribution in [3.05, 3.63) is 76.9 Å². The van der Waals surface area contributed by atoms with Crippen LogP contribution >= 0.6 is 0 Å². The van der Waals surface area contributed by atoms with Crippen LogP contribution < -0.4 is 4.90 Å². The molecule has 6 heteroatoms. The first kappa shape index (κ1) is 21.0. The number of benzene rings is 2. The predicted octanol–water partition coefficient (Wildman–Crippen LogP) is 3.90. The Kier molecular flexibility index (Phi) is 4.63. The van der Waals surface area contributed by atoms with Crippen LogP contribution in [0.2, 0.25) is 0 Å². The van der Waals surface area contributed by atoms with Gasteiger partial charge in [0.15, 0.2) is 6.61 Å². The molecule has 5 aliphatic rings. The van der Waals surface area contributed by atoms with Crippen LogP contribution in [0.3, 0.4) is 0 Å². The molecule has 0 radical (unpaired) electrons. The van der Waals surface area contributed by atoms with Crippen LogP contribution in [0.15, 0.2) is 54.6 Å². The number of aryl methyl sites for hydroxylation is 2. The topological polar surface area (TPSA) is 80.8 Å². The molecule has 0 aromatic heterocycles. The number of ether oxygens (including phenoxy) is 1. The molecule has 172 valence electrons. The van der Waals surface area contributed by atoms with Gasteiger partial charge in [0.05, 0.1) is 23.1 Å². The van der Waals surface area contributed by atoms with Crippen LogP contribution in [0.5, 0.6) is 0 Å². The third-order valence-corrected chi connectivity index (χ3v) is 8.06. The second-order valence-corrected chi connectivity index (χ2v) is 10.0. The third kappa shape index (κ3) is 3.01. The average molecular weight is 456 g/mol. The van der Waals surface area contributed by atoms with Crippen molar-refractivity contribution in [2.75, 3.05) is 11.5 Å². The fourth-order valence-corrected chi connectivity index (χ4v) is 6.36. The summed E-state index contributed by atoms with van der Waals surface area (Å²) in [6, 6.07) is 12.0. The van der Waals surface area contributed by atoms with Crippen molar-refractivity contribution < 1.29 is 23.9 Å². The van der Waals surface area contributed by atoms with Gasteiger partial charge in [-0.25, -0.2) is 9.69 Å².